The summed E-state index contributed by atoms with van der Waals surface area (Å²) >= 11 is 0. The van der Waals surface area contributed by atoms with Crippen LogP contribution in [0.4, 0.5) is 0 Å². The molecule has 1 rings (SSSR count). The van der Waals surface area contributed by atoms with E-state index in [4.69, 9.17) is 19.9 Å². The summed E-state index contributed by atoms with van der Waals surface area (Å²) in [5.41, 5.74) is 6.51. The lowest BCUT2D eigenvalue weighted by atomic mass is 9.82. The van der Waals surface area contributed by atoms with Crippen molar-refractivity contribution in [2.75, 3.05) is 6.61 Å². The highest BCUT2D eigenvalue weighted by atomic mass is 16.6. The Labute approximate surface area is 220 Å². The molecule has 0 saturated heterocycles. The highest BCUT2D eigenvalue weighted by Crippen LogP contribution is 2.36. The molecule has 3 N–H and O–H groups in total. The fourth-order valence-corrected chi connectivity index (χ4v) is 3.74. The minimum absolute atomic E-state index is 0.00368. The summed E-state index contributed by atoms with van der Waals surface area (Å²) in [4.78, 5) is 48.7. The number of hydrogen-bond donors (Lipinski definition) is 2. The lowest BCUT2D eigenvalue weighted by molar-refractivity contribution is -0.145. The fraction of sp³-hybridized carbons (Fsp3) is 0.643. The summed E-state index contributed by atoms with van der Waals surface area (Å²) in [6.07, 6.45) is 1.27. The molecule has 208 valence electrons. The van der Waals surface area contributed by atoms with E-state index in [0.717, 1.165) is 0 Å². The molecule has 0 saturated carbocycles. The number of ether oxygens (including phenoxy) is 3. The first-order chi connectivity index (χ1) is 17.2. The number of carbonyl (C=O) groups excluding carboxylic acids is 3. The van der Waals surface area contributed by atoms with Crippen molar-refractivity contribution in [1.29, 1.82) is 0 Å². The van der Waals surface area contributed by atoms with Crippen molar-refractivity contribution in [3.05, 3.63) is 23.8 Å². The van der Waals surface area contributed by atoms with Gasteiger partial charge >= 0.3 is 23.9 Å². The number of benzene rings is 1. The smallest absolute Gasteiger partial charge is 0.321 e. The number of nitrogens with two attached hydrogens (primary N) is 1. The van der Waals surface area contributed by atoms with Crippen LogP contribution in [0, 0.1) is 23.7 Å². The first kappa shape index (κ1) is 32.1. The minimum Gasteiger partial charge on any atom is -0.480 e. The molecular weight excluding hydrogens is 478 g/mol. The van der Waals surface area contributed by atoms with Crippen LogP contribution in [0.25, 0.3) is 0 Å². The topological polar surface area (TPSA) is 142 Å². The van der Waals surface area contributed by atoms with E-state index in [2.05, 4.69) is 0 Å². The summed E-state index contributed by atoms with van der Waals surface area (Å²) in [6, 6.07) is 3.20. The van der Waals surface area contributed by atoms with Crippen molar-refractivity contribution in [2.24, 2.45) is 29.4 Å². The van der Waals surface area contributed by atoms with Crippen molar-refractivity contribution in [2.45, 2.75) is 86.1 Å². The average Bonchev–Trinajstić information content (AvgIpc) is 2.76. The highest BCUT2D eigenvalue weighted by molar-refractivity contribution is 5.77. The van der Waals surface area contributed by atoms with Crippen molar-refractivity contribution < 1.29 is 38.5 Å². The maximum absolute atomic E-state index is 12.4. The molecule has 37 heavy (non-hydrogen) atoms. The van der Waals surface area contributed by atoms with Gasteiger partial charge in [-0.3, -0.25) is 19.2 Å². The van der Waals surface area contributed by atoms with E-state index >= 15 is 0 Å². The van der Waals surface area contributed by atoms with Crippen LogP contribution < -0.4 is 15.2 Å². The van der Waals surface area contributed by atoms with Crippen molar-refractivity contribution >= 4 is 23.9 Å². The summed E-state index contributed by atoms with van der Waals surface area (Å²) < 4.78 is 16.4. The molecule has 0 spiro atoms. The van der Waals surface area contributed by atoms with E-state index in [1.807, 2.05) is 41.5 Å². The molecule has 0 aliphatic heterocycles. The van der Waals surface area contributed by atoms with Gasteiger partial charge in [0.15, 0.2) is 11.5 Å². The van der Waals surface area contributed by atoms with Crippen LogP contribution in [-0.2, 0) is 23.9 Å². The third-order valence-corrected chi connectivity index (χ3v) is 5.67. The Morgan fingerprint density at radius 2 is 1.35 bits per heavy atom. The van der Waals surface area contributed by atoms with Crippen LogP contribution in [0.5, 0.6) is 11.5 Å². The molecule has 0 aromatic heterocycles. The van der Waals surface area contributed by atoms with Gasteiger partial charge in [0.05, 0.1) is 6.61 Å². The van der Waals surface area contributed by atoms with E-state index in [0.29, 0.717) is 17.9 Å². The largest absolute Gasteiger partial charge is 0.480 e. The van der Waals surface area contributed by atoms with E-state index in [9.17, 15) is 24.3 Å². The third kappa shape index (κ3) is 11.8. The lowest BCUT2D eigenvalue weighted by Gasteiger charge is -2.28. The second kappa shape index (κ2) is 15.3. The molecule has 0 aliphatic rings. The molecule has 3 atom stereocenters. The normalized spacial score (nSPS) is 13.8. The Morgan fingerprint density at radius 3 is 1.84 bits per heavy atom. The zero-order valence-electron chi connectivity index (χ0n) is 23.1. The van der Waals surface area contributed by atoms with E-state index in [-0.39, 0.29) is 55.2 Å². The van der Waals surface area contributed by atoms with Crippen molar-refractivity contribution in [3.63, 3.8) is 0 Å². The maximum atomic E-state index is 12.4. The standard InChI is InChI=1S/C28H43NO8/c1-16(2)8-11-23(30)35-15-19(7)26(27(29)28(33)34)20-9-10-21(36-24(31)12-17(3)4)22(14-20)37-25(32)13-18(5)6/h9-10,14,16-19,26-27H,8,11-13,15,29H2,1-7H3,(H,33,34)/t19?,26?,27-/m0/s1. The average molecular weight is 522 g/mol. The zero-order valence-corrected chi connectivity index (χ0v) is 23.1. The first-order valence-corrected chi connectivity index (χ1v) is 12.9. The lowest BCUT2D eigenvalue weighted by Crippen LogP contribution is -2.40. The number of rotatable bonds is 15. The van der Waals surface area contributed by atoms with E-state index in [1.54, 1.807) is 13.0 Å². The van der Waals surface area contributed by atoms with Crippen LogP contribution in [0.2, 0.25) is 0 Å². The number of hydrogen-bond acceptors (Lipinski definition) is 8. The number of carboxylic acid groups (broad SMARTS) is 1. The van der Waals surface area contributed by atoms with Gasteiger partial charge in [0.1, 0.15) is 6.04 Å². The van der Waals surface area contributed by atoms with Gasteiger partial charge < -0.3 is 25.1 Å². The molecule has 1 aromatic rings. The first-order valence-electron chi connectivity index (χ1n) is 12.9. The number of carbonyl (C=O) groups is 4. The monoisotopic (exact) mass is 521 g/mol. The Kier molecular flexibility index (Phi) is 13.3. The molecule has 0 radical (unpaired) electrons. The van der Waals surface area contributed by atoms with Crippen LogP contribution in [-0.4, -0.2) is 41.6 Å². The number of esters is 3. The summed E-state index contributed by atoms with van der Waals surface area (Å²) in [7, 11) is 0. The van der Waals surface area contributed by atoms with Gasteiger partial charge in [-0.05, 0) is 47.8 Å². The predicted molar refractivity (Wildman–Crippen MR) is 139 cm³/mol. The Bertz CT molecular complexity index is 925. The van der Waals surface area contributed by atoms with Gasteiger partial charge in [-0.25, -0.2) is 0 Å². The van der Waals surface area contributed by atoms with Crippen molar-refractivity contribution in [1.82, 2.24) is 0 Å². The molecule has 0 amide bonds. The number of carboxylic acids is 1. The van der Waals surface area contributed by atoms with Gasteiger partial charge in [-0.1, -0.05) is 54.5 Å². The highest BCUT2D eigenvalue weighted by Gasteiger charge is 2.32. The second-order valence-corrected chi connectivity index (χ2v) is 10.8. The molecule has 9 heteroatoms. The minimum atomic E-state index is -1.32. The van der Waals surface area contributed by atoms with Crippen LogP contribution in [0.15, 0.2) is 18.2 Å². The molecule has 0 bridgehead atoms. The quantitative estimate of drug-likeness (QED) is 0.248. The van der Waals surface area contributed by atoms with E-state index < -0.39 is 35.8 Å². The van der Waals surface area contributed by atoms with Gasteiger partial charge in [0.25, 0.3) is 0 Å². The van der Waals surface area contributed by atoms with Gasteiger partial charge in [0.2, 0.25) is 0 Å². The third-order valence-electron chi connectivity index (χ3n) is 5.67. The van der Waals surface area contributed by atoms with Crippen LogP contribution in [0.3, 0.4) is 0 Å². The van der Waals surface area contributed by atoms with Crippen LogP contribution >= 0.6 is 0 Å². The van der Waals surface area contributed by atoms with Gasteiger partial charge in [-0.15, -0.1) is 0 Å². The molecule has 1 aromatic carbocycles. The Balaban J connectivity index is 3.30. The van der Waals surface area contributed by atoms with Gasteiger partial charge in [0, 0.05) is 25.2 Å². The summed E-state index contributed by atoms with van der Waals surface area (Å²) in [5.74, 6) is -3.31. The van der Waals surface area contributed by atoms with Crippen molar-refractivity contribution in [3.8, 4) is 11.5 Å². The van der Waals surface area contributed by atoms with E-state index in [1.165, 1.54) is 12.1 Å². The summed E-state index contributed by atoms with van der Waals surface area (Å²) in [5, 5.41) is 9.67. The van der Waals surface area contributed by atoms with Gasteiger partial charge in [-0.2, -0.15) is 0 Å². The molecule has 0 fully saturated rings. The SMILES string of the molecule is CC(C)CCC(=O)OCC(C)C(c1ccc(OC(=O)CC(C)C)c(OC(=O)CC(C)C)c1)[C@H](N)C(=O)O. The second-order valence-electron chi connectivity index (χ2n) is 10.8. The molecule has 2 unspecified atom stereocenters. The Hall–Kier alpha value is -2.94. The maximum Gasteiger partial charge on any atom is 0.321 e. The molecule has 0 heterocycles. The summed E-state index contributed by atoms with van der Waals surface area (Å²) in [6.45, 7) is 13.2. The number of aliphatic carboxylic acids is 1. The fourth-order valence-electron chi connectivity index (χ4n) is 3.74. The molecular formula is C28H43NO8. The predicted octanol–water partition coefficient (Wildman–Crippen LogP) is 4.70. The molecule has 0 aliphatic carbocycles. The zero-order chi connectivity index (χ0) is 28.3. The molecule has 9 nitrogen and oxygen atoms in total. The Morgan fingerprint density at radius 1 is 0.811 bits per heavy atom. The van der Waals surface area contributed by atoms with Crippen LogP contribution in [0.1, 0.15) is 85.6 Å².